The van der Waals surface area contributed by atoms with Crippen molar-refractivity contribution in [1.82, 2.24) is 0 Å². The first-order chi connectivity index (χ1) is 11.6. The predicted octanol–water partition coefficient (Wildman–Crippen LogP) is 5.10. The molecule has 0 aliphatic rings. The molecule has 1 aromatic carbocycles. The van der Waals surface area contributed by atoms with Gasteiger partial charge in [0.25, 0.3) is 0 Å². The predicted molar refractivity (Wildman–Crippen MR) is 97.2 cm³/mol. The number of methoxy groups -OCH3 is 1. The maximum absolute atomic E-state index is 11.8. The van der Waals surface area contributed by atoms with E-state index in [2.05, 4.69) is 6.92 Å². The van der Waals surface area contributed by atoms with Crippen LogP contribution >= 0.6 is 0 Å². The maximum Gasteiger partial charge on any atom is 0.331 e. The van der Waals surface area contributed by atoms with Gasteiger partial charge in [-0.3, -0.25) is 0 Å². The number of hydrogen-bond acceptors (Lipinski definition) is 4. The Morgan fingerprint density at radius 3 is 2.62 bits per heavy atom. The molecule has 0 aliphatic heterocycles. The number of aromatic hydroxyl groups is 1. The minimum Gasteiger partial charge on any atom is -0.504 e. The summed E-state index contributed by atoms with van der Waals surface area (Å²) in [6, 6.07) is 4.91. The quantitative estimate of drug-likeness (QED) is 0.348. The van der Waals surface area contributed by atoms with Gasteiger partial charge in [0.2, 0.25) is 0 Å². The lowest BCUT2D eigenvalue weighted by Crippen LogP contribution is -2.12. The third-order valence-electron chi connectivity index (χ3n) is 3.90. The Labute approximate surface area is 145 Å². The van der Waals surface area contributed by atoms with Crippen LogP contribution < -0.4 is 4.74 Å². The highest BCUT2D eigenvalue weighted by Gasteiger charge is 2.07. The average Bonchev–Trinajstić information content (AvgIpc) is 2.57. The lowest BCUT2D eigenvalue weighted by molar-refractivity contribution is -0.142. The van der Waals surface area contributed by atoms with Crippen molar-refractivity contribution in [3.05, 3.63) is 29.8 Å². The summed E-state index contributed by atoms with van der Waals surface area (Å²) in [7, 11) is 1.49. The first kappa shape index (κ1) is 20.1. The fraction of sp³-hybridized carbons (Fsp3) is 0.550. The van der Waals surface area contributed by atoms with E-state index in [1.54, 1.807) is 18.2 Å². The summed E-state index contributed by atoms with van der Waals surface area (Å²) in [6.07, 6.45) is 11.3. The van der Waals surface area contributed by atoms with E-state index in [4.69, 9.17) is 9.47 Å². The molecular weight excluding hydrogens is 304 g/mol. The Bertz CT molecular complexity index is 522. The summed E-state index contributed by atoms with van der Waals surface area (Å²) in [5.74, 6) is 0.104. The monoisotopic (exact) mass is 334 g/mol. The SMILES string of the molecule is CCCCCCCCC(C)OC(=O)/C=C/c1ccc(O)c(OC)c1. The molecule has 0 spiro atoms. The zero-order valence-electron chi connectivity index (χ0n) is 15.1. The molecule has 0 bridgehead atoms. The number of carbonyl (C=O) groups excluding carboxylic acids is 1. The number of phenols is 1. The molecule has 0 radical (unpaired) electrons. The number of hydrogen-bond donors (Lipinski definition) is 1. The molecule has 1 aromatic rings. The summed E-state index contributed by atoms with van der Waals surface area (Å²) in [5, 5.41) is 9.54. The Hall–Kier alpha value is -1.97. The summed E-state index contributed by atoms with van der Waals surface area (Å²) in [6.45, 7) is 4.14. The summed E-state index contributed by atoms with van der Waals surface area (Å²) < 4.78 is 10.4. The van der Waals surface area contributed by atoms with Gasteiger partial charge in [-0.1, -0.05) is 45.1 Å². The van der Waals surface area contributed by atoms with Crippen LogP contribution in [0.15, 0.2) is 24.3 Å². The number of esters is 1. The highest BCUT2D eigenvalue weighted by Crippen LogP contribution is 2.26. The van der Waals surface area contributed by atoms with Crippen LogP contribution in [0.2, 0.25) is 0 Å². The molecule has 134 valence electrons. The first-order valence-electron chi connectivity index (χ1n) is 8.82. The summed E-state index contributed by atoms with van der Waals surface area (Å²) in [5.41, 5.74) is 0.769. The van der Waals surface area contributed by atoms with Crippen LogP contribution in [0.5, 0.6) is 11.5 Å². The average molecular weight is 334 g/mol. The van der Waals surface area contributed by atoms with Crippen molar-refractivity contribution < 1.29 is 19.4 Å². The number of carbonyl (C=O) groups is 1. The number of unbranched alkanes of at least 4 members (excludes halogenated alkanes) is 5. The Morgan fingerprint density at radius 1 is 1.21 bits per heavy atom. The van der Waals surface area contributed by atoms with Gasteiger partial charge in [0.15, 0.2) is 11.5 Å². The van der Waals surface area contributed by atoms with Crippen LogP contribution in [0.4, 0.5) is 0 Å². The zero-order valence-corrected chi connectivity index (χ0v) is 15.1. The van der Waals surface area contributed by atoms with Crippen molar-refractivity contribution in [2.24, 2.45) is 0 Å². The van der Waals surface area contributed by atoms with Gasteiger partial charge in [0.05, 0.1) is 13.2 Å². The first-order valence-corrected chi connectivity index (χ1v) is 8.82. The van der Waals surface area contributed by atoms with Gasteiger partial charge in [0, 0.05) is 6.08 Å². The molecule has 1 N–H and O–H groups in total. The van der Waals surface area contributed by atoms with Crippen molar-refractivity contribution in [3.8, 4) is 11.5 Å². The lowest BCUT2D eigenvalue weighted by atomic mass is 10.1. The molecule has 0 saturated carbocycles. The minimum absolute atomic E-state index is 0.0670. The van der Waals surface area contributed by atoms with E-state index in [1.165, 1.54) is 51.4 Å². The van der Waals surface area contributed by atoms with Crippen LogP contribution in [-0.4, -0.2) is 24.3 Å². The highest BCUT2D eigenvalue weighted by atomic mass is 16.5. The Kier molecular flexibility index (Phi) is 9.66. The van der Waals surface area contributed by atoms with Gasteiger partial charge in [-0.15, -0.1) is 0 Å². The van der Waals surface area contributed by atoms with Crippen LogP contribution in [0.1, 0.15) is 64.4 Å². The second-order valence-electron chi connectivity index (χ2n) is 6.07. The molecule has 0 aliphatic carbocycles. The number of phenolic OH excluding ortho intramolecular Hbond substituents is 1. The zero-order chi connectivity index (χ0) is 17.8. The topological polar surface area (TPSA) is 55.8 Å². The molecule has 24 heavy (non-hydrogen) atoms. The van der Waals surface area contributed by atoms with Crippen LogP contribution in [-0.2, 0) is 9.53 Å². The lowest BCUT2D eigenvalue weighted by Gasteiger charge is -2.11. The number of ether oxygens (including phenoxy) is 2. The highest BCUT2D eigenvalue weighted by molar-refractivity contribution is 5.87. The van der Waals surface area contributed by atoms with E-state index in [0.29, 0.717) is 5.75 Å². The van der Waals surface area contributed by atoms with Gasteiger partial charge < -0.3 is 14.6 Å². The largest absolute Gasteiger partial charge is 0.504 e. The van der Waals surface area contributed by atoms with Crippen LogP contribution in [0.25, 0.3) is 6.08 Å². The molecule has 0 heterocycles. The molecule has 0 fully saturated rings. The molecule has 0 amide bonds. The van der Waals surface area contributed by atoms with Gasteiger partial charge in [-0.05, 0) is 43.5 Å². The van der Waals surface area contributed by atoms with Gasteiger partial charge in [0.1, 0.15) is 0 Å². The molecule has 1 unspecified atom stereocenters. The van der Waals surface area contributed by atoms with E-state index in [1.807, 2.05) is 6.92 Å². The fourth-order valence-corrected chi connectivity index (χ4v) is 2.47. The second-order valence-corrected chi connectivity index (χ2v) is 6.07. The van der Waals surface area contributed by atoms with Crippen molar-refractivity contribution in [2.75, 3.05) is 7.11 Å². The smallest absolute Gasteiger partial charge is 0.331 e. The van der Waals surface area contributed by atoms with Gasteiger partial charge >= 0.3 is 5.97 Å². The van der Waals surface area contributed by atoms with Crippen LogP contribution in [0, 0.1) is 0 Å². The molecular formula is C20H30O4. The second kappa shape index (κ2) is 11.5. The van der Waals surface area contributed by atoms with E-state index >= 15 is 0 Å². The van der Waals surface area contributed by atoms with E-state index in [9.17, 15) is 9.90 Å². The van der Waals surface area contributed by atoms with Crippen molar-refractivity contribution in [3.63, 3.8) is 0 Å². The fourth-order valence-electron chi connectivity index (χ4n) is 2.47. The van der Waals surface area contributed by atoms with Crippen molar-refractivity contribution in [2.45, 2.75) is 64.9 Å². The third kappa shape index (κ3) is 8.04. The molecule has 4 heteroatoms. The standard InChI is InChI=1S/C20H30O4/c1-4-5-6-7-8-9-10-16(2)24-20(22)14-12-17-11-13-18(21)19(15-17)23-3/h11-16,21H,4-10H2,1-3H3/b14-12+. The minimum atomic E-state index is -0.347. The summed E-state index contributed by atoms with van der Waals surface area (Å²) >= 11 is 0. The normalized spacial score (nSPS) is 12.3. The van der Waals surface area contributed by atoms with Gasteiger partial charge in [-0.25, -0.2) is 4.79 Å². The van der Waals surface area contributed by atoms with Crippen LogP contribution in [0.3, 0.4) is 0 Å². The van der Waals surface area contributed by atoms with Crippen molar-refractivity contribution in [1.29, 1.82) is 0 Å². The van der Waals surface area contributed by atoms with E-state index in [-0.39, 0.29) is 17.8 Å². The van der Waals surface area contributed by atoms with E-state index < -0.39 is 0 Å². The molecule has 4 nitrogen and oxygen atoms in total. The molecule has 0 saturated heterocycles. The van der Waals surface area contributed by atoms with E-state index in [0.717, 1.165) is 18.4 Å². The number of rotatable bonds is 11. The summed E-state index contributed by atoms with van der Waals surface area (Å²) in [4.78, 5) is 11.8. The Balaban J connectivity index is 2.32. The maximum atomic E-state index is 11.8. The molecule has 1 atom stereocenters. The van der Waals surface area contributed by atoms with Crippen molar-refractivity contribution >= 4 is 12.0 Å². The third-order valence-corrected chi connectivity index (χ3v) is 3.90. The molecule has 1 rings (SSSR count). The number of benzene rings is 1. The van der Waals surface area contributed by atoms with Gasteiger partial charge in [-0.2, -0.15) is 0 Å². The molecule has 0 aromatic heterocycles. The Morgan fingerprint density at radius 2 is 1.92 bits per heavy atom.